The average Bonchev–Trinajstić information content (AvgIpc) is 2.14. The van der Waals surface area contributed by atoms with Crippen LogP contribution in [-0.2, 0) is 11.3 Å². The van der Waals surface area contributed by atoms with Crippen LogP contribution in [0, 0.1) is 0 Å². The Balaban J connectivity index is 2.20. The Morgan fingerprint density at radius 3 is 2.75 bits per heavy atom. The molecule has 3 nitrogen and oxygen atoms in total. The molecule has 1 aromatic carbocycles. The van der Waals surface area contributed by atoms with E-state index in [1.165, 1.54) is 17.7 Å². The molecule has 1 rings (SSSR count). The monoisotopic (exact) mass is 182 g/mol. The van der Waals surface area contributed by atoms with Gasteiger partial charge in [0.2, 0.25) is 6.41 Å². The van der Waals surface area contributed by atoms with Crippen molar-refractivity contribution in [3.63, 3.8) is 0 Å². The predicted octanol–water partition coefficient (Wildman–Crippen LogP) is 1.09. The molecule has 0 radical (unpaired) electrons. The van der Waals surface area contributed by atoms with Gasteiger partial charge in [0, 0.05) is 18.7 Å². The number of rotatable bonds is 5. The Bertz CT molecular complexity index is 228. The largest absolute Gasteiger partial charge is 0.290 e. The van der Waals surface area contributed by atoms with Gasteiger partial charge in [0.05, 0.1) is 0 Å². The third-order valence-corrected chi connectivity index (χ3v) is 1.80. The van der Waals surface area contributed by atoms with Gasteiger partial charge < -0.3 is 0 Å². The summed E-state index contributed by atoms with van der Waals surface area (Å²) in [6, 6.07) is 9.98. The number of benzene rings is 1. The highest BCUT2D eigenvalue weighted by molar-refractivity contribution is 7.95. The SMILES string of the molecule is O=CNSNCc1ccccc1. The Labute approximate surface area is 75.8 Å². The fourth-order valence-corrected chi connectivity index (χ4v) is 1.15. The van der Waals surface area contributed by atoms with Gasteiger partial charge in [-0.25, -0.2) is 4.72 Å². The van der Waals surface area contributed by atoms with E-state index in [4.69, 9.17) is 0 Å². The Morgan fingerprint density at radius 2 is 2.08 bits per heavy atom. The third-order valence-electron chi connectivity index (χ3n) is 1.30. The second-order valence-corrected chi connectivity index (χ2v) is 2.87. The van der Waals surface area contributed by atoms with E-state index in [-0.39, 0.29) is 0 Å². The molecule has 0 spiro atoms. The molecule has 2 N–H and O–H groups in total. The maximum Gasteiger partial charge on any atom is 0.217 e. The van der Waals surface area contributed by atoms with Gasteiger partial charge in [-0.2, -0.15) is 0 Å². The highest BCUT2D eigenvalue weighted by atomic mass is 32.2. The summed E-state index contributed by atoms with van der Waals surface area (Å²) in [6.07, 6.45) is 0.642. The van der Waals surface area contributed by atoms with Crippen LogP contribution in [0.25, 0.3) is 0 Å². The fourth-order valence-electron chi connectivity index (χ4n) is 0.781. The number of hydrogen-bond acceptors (Lipinski definition) is 3. The topological polar surface area (TPSA) is 41.1 Å². The first-order valence-corrected chi connectivity index (χ1v) is 4.37. The van der Waals surface area contributed by atoms with Crippen LogP contribution >= 0.6 is 12.1 Å². The molecular formula is C8H10N2OS. The van der Waals surface area contributed by atoms with E-state index in [1.807, 2.05) is 30.3 Å². The summed E-state index contributed by atoms with van der Waals surface area (Å²) in [5.74, 6) is 0. The summed E-state index contributed by atoms with van der Waals surface area (Å²) in [6.45, 7) is 0.742. The van der Waals surface area contributed by atoms with Crippen LogP contribution in [-0.4, -0.2) is 6.41 Å². The summed E-state index contributed by atoms with van der Waals surface area (Å²) < 4.78 is 5.42. The van der Waals surface area contributed by atoms with E-state index in [0.29, 0.717) is 6.41 Å². The van der Waals surface area contributed by atoms with Crippen LogP contribution in [0.4, 0.5) is 0 Å². The minimum Gasteiger partial charge on any atom is -0.290 e. The first-order chi connectivity index (χ1) is 5.93. The van der Waals surface area contributed by atoms with E-state index < -0.39 is 0 Å². The quantitative estimate of drug-likeness (QED) is 0.407. The van der Waals surface area contributed by atoms with Crippen LogP contribution in [0.2, 0.25) is 0 Å². The van der Waals surface area contributed by atoms with Crippen LogP contribution < -0.4 is 9.44 Å². The maximum atomic E-state index is 9.84. The minimum absolute atomic E-state index is 0.642. The zero-order chi connectivity index (χ0) is 8.65. The molecule has 64 valence electrons. The lowest BCUT2D eigenvalue weighted by Crippen LogP contribution is -2.11. The van der Waals surface area contributed by atoms with Gasteiger partial charge in [-0.05, 0) is 5.56 Å². The second-order valence-electron chi connectivity index (χ2n) is 2.14. The number of amides is 1. The molecule has 1 aromatic rings. The molecule has 0 atom stereocenters. The van der Waals surface area contributed by atoms with Crippen molar-refractivity contribution in [3.05, 3.63) is 35.9 Å². The van der Waals surface area contributed by atoms with Crippen molar-refractivity contribution in [2.45, 2.75) is 6.54 Å². The molecule has 12 heavy (non-hydrogen) atoms. The number of carbonyl (C=O) groups is 1. The van der Waals surface area contributed by atoms with Gasteiger partial charge in [0.25, 0.3) is 0 Å². The summed E-state index contributed by atoms with van der Waals surface area (Å²) in [5.41, 5.74) is 1.19. The number of carbonyl (C=O) groups excluding carboxylic acids is 1. The predicted molar refractivity (Wildman–Crippen MR) is 50.1 cm³/mol. The molecule has 0 aliphatic heterocycles. The summed E-state index contributed by atoms with van der Waals surface area (Å²) >= 11 is 1.18. The molecule has 0 saturated heterocycles. The van der Waals surface area contributed by atoms with Crippen molar-refractivity contribution in [1.29, 1.82) is 0 Å². The smallest absolute Gasteiger partial charge is 0.217 e. The molecule has 0 aromatic heterocycles. The zero-order valence-electron chi connectivity index (χ0n) is 6.49. The minimum atomic E-state index is 0.642. The fraction of sp³-hybridized carbons (Fsp3) is 0.125. The standard InChI is InChI=1S/C8H10N2OS/c11-7-10-12-9-6-8-4-2-1-3-5-8/h1-5,7,9H,6H2,(H,10,11). The van der Waals surface area contributed by atoms with E-state index in [9.17, 15) is 4.79 Å². The zero-order valence-corrected chi connectivity index (χ0v) is 7.30. The Kier molecular flexibility index (Phi) is 4.26. The Morgan fingerprint density at radius 1 is 1.33 bits per heavy atom. The lowest BCUT2D eigenvalue weighted by Gasteiger charge is -2.00. The van der Waals surface area contributed by atoms with Crippen molar-refractivity contribution in [1.82, 2.24) is 9.44 Å². The first-order valence-electron chi connectivity index (χ1n) is 3.55. The van der Waals surface area contributed by atoms with Crippen LogP contribution in [0.15, 0.2) is 30.3 Å². The third kappa shape index (κ3) is 3.41. The summed E-state index contributed by atoms with van der Waals surface area (Å²) in [5, 5.41) is 0. The molecule has 0 bridgehead atoms. The van der Waals surface area contributed by atoms with Crippen molar-refractivity contribution < 1.29 is 4.79 Å². The van der Waals surface area contributed by atoms with Gasteiger partial charge in [-0.15, -0.1) is 0 Å². The highest BCUT2D eigenvalue weighted by Crippen LogP contribution is 1.98. The molecule has 0 aliphatic rings. The van der Waals surface area contributed by atoms with E-state index in [2.05, 4.69) is 9.44 Å². The van der Waals surface area contributed by atoms with Crippen LogP contribution in [0.3, 0.4) is 0 Å². The molecule has 0 unspecified atom stereocenters. The van der Waals surface area contributed by atoms with E-state index in [1.54, 1.807) is 0 Å². The summed E-state index contributed by atoms with van der Waals surface area (Å²) in [7, 11) is 0. The van der Waals surface area contributed by atoms with Crippen LogP contribution in [0.1, 0.15) is 5.56 Å². The van der Waals surface area contributed by atoms with Gasteiger partial charge in [0.1, 0.15) is 0 Å². The number of hydrogen-bond donors (Lipinski definition) is 2. The van der Waals surface area contributed by atoms with E-state index in [0.717, 1.165) is 6.54 Å². The molecule has 4 heteroatoms. The van der Waals surface area contributed by atoms with Crippen molar-refractivity contribution in [3.8, 4) is 0 Å². The van der Waals surface area contributed by atoms with Gasteiger partial charge >= 0.3 is 0 Å². The normalized spacial score (nSPS) is 9.33. The maximum absolute atomic E-state index is 9.84. The highest BCUT2D eigenvalue weighted by Gasteiger charge is 1.88. The van der Waals surface area contributed by atoms with Gasteiger partial charge in [-0.3, -0.25) is 9.52 Å². The number of nitrogens with one attached hydrogen (secondary N) is 2. The lowest BCUT2D eigenvalue weighted by molar-refractivity contribution is -0.107. The second kappa shape index (κ2) is 5.62. The van der Waals surface area contributed by atoms with E-state index >= 15 is 0 Å². The first kappa shape index (κ1) is 9.09. The summed E-state index contributed by atoms with van der Waals surface area (Å²) in [4.78, 5) is 9.84. The molecule has 0 fully saturated rings. The average molecular weight is 182 g/mol. The van der Waals surface area contributed by atoms with Crippen LogP contribution in [0.5, 0.6) is 0 Å². The molecule has 0 aliphatic carbocycles. The van der Waals surface area contributed by atoms with Crippen molar-refractivity contribution in [2.24, 2.45) is 0 Å². The van der Waals surface area contributed by atoms with Crippen molar-refractivity contribution in [2.75, 3.05) is 0 Å². The van der Waals surface area contributed by atoms with Gasteiger partial charge in [0.15, 0.2) is 0 Å². The molecular weight excluding hydrogens is 172 g/mol. The molecule has 0 heterocycles. The Hall–Kier alpha value is -1.00. The lowest BCUT2D eigenvalue weighted by atomic mass is 10.2. The van der Waals surface area contributed by atoms with Crippen molar-refractivity contribution >= 4 is 18.5 Å². The molecule has 1 amide bonds. The molecule has 0 saturated carbocycles. The van der Waals surface area contributed by atoms with Gasteiger partial charge in [-0.1, -0.05) is 30.3 Å².